The van der Waals surface area contributed by atoms with Gasteiger partial charge in [-0.2, -0.15) is 0 Å². The summed E-state index contributed by atoms with van der Waals surface area (Å²) in [5, 5.41) is 20.8. The van der Waals surface area contributed by atoms with Crippen LogP contribution in [0.5, 0.6) is 11.5 Å². The van der Waals surface area contributed by atoms with Crippen LogP contribution in [-0.2, 0) is 35.2 Å². The summed E-state index contributed by atoms with van der Waals surface area (Å²) in [6.45, 7) is 35.0. The molecule has 372 valence electrons. The summed E-state index contributed by atoms with van der Waals surface area (Å²) in [4.78, 5) is 42.7. The Bertz CT molecular complexity index is 3010. The standard InChI is InChI=1S/C36H55NO6Si2.C19H19NO4/c1-24(2)19-20-25-17-16-18-27-28(22-37(30(25)27)33(39)42-34(3,4)5)31-32(43-45(14,15)36(9,10)11)29(38)21-26(41-31)23-40-44(12,13)35(6,7)8;1-11(2)6-7-12-4-3-5-14-15(9-20-17(12)14)19-18(23)16(22)8-13(10-21)24-19/h16-19,21-22H,20,23H2,1-15H3;3-6,8-9,20-21,23H,7,10H2,1-2H3. The number of hydrogen-bond acceptors (Lipinski definition) is 10. The molecule has 0 aliphatic carbocycles. The number of H-pyrrole nitrogens is 1. The van der Waals surface area contributed by atoms with E-state index in [4.69, 9.17) is 22.4 Å². The number of allylic oxidation sites excluding steroid dienone is 4. The van der Waals surface area contributed by atoms with Gasteiger partial charge in [0, 0.05) is 51.9 Å². The molecule has 2 aromatic carbocycles. The minimum Gasteiger partial charge on any atom is -0.538 e. The predicted molar refractivity (Wildman–Crippen MR) is 283 cm³/mol. The highest BCUT2D eigenvalue weighted by Gasteiger charge is 2.41. The van der Waals surface area contributed by atoms with Crippen molar-refractivity contribution in [3.63, 3.8) is 0 Å². The van der Waals surface area contributed by atoms with Gasteiger partial charge in [0.25, 0.3) is 8.32 Å². The molecule has 0 fully saturated rings. The highest BCUT2D eigenvalue weighted by Crippen LogP contribution is 2.43. The molecule has 0 radical (unpaired) electrons. The number of aromatic amines is 1. The van der Waals surface area contributed by atoms with Crippen LogP contribution in [-0.4, -0.2) is 48.1 Å². The van der Waals surface area contributed by atoms with Crippen LogP contribution in [0.4, 0.5) is 4.79 Å². The SMILES string of the molecule is CC(C)=CCc1cccc2c(-c3oc(CO)cc(=O)c3O)c[nH]c12.CC(C)=CCc1cccc2c(-c3oc(CO[Si](C)(C)C(C)(C)C)cc(=O)c3O[Si](C)(C)C(C)(C)C)cn(C(=O)OC(C)(C)C)c12. The van der Waals surface area contributed by atoms with Gasteiger partial charge in [0.15, 0.2) is 25.6 Å². The van der Waals surface area contributed by atoms with Gasteiger partial charge in [0.2, 0.25) is 16.6 Å². The maximum Gasteiger partial charge on any atom is 0.419 e. The van der Waals surface area contributed by atoms with Crippen molar-refractivity contribution in [3.05, 3.63) is 127 Å². The first-order chi connectivity index (χ1) is 31.9. The molecule has 6 rings (SSSR count). The van der Waals surface area contributed by atoms with Crippen molar-refractivity contribution in [2.75, 3.05) is 0 Å². The minimum absolute atomic E-state index is 0.00988. The molecule has 3 N–H and O–H groups in total. The number of aliphatic hydroxyl groups is 1. The van der Waals surface area contributed by atoms with Crippen molar-refractivity contribution in [1.29, 1.82) is 0 Å². The van der Waals surface area contributed by atoms with Crippen LogP contribution in [0.25, 0.3) is 44.5 Å². The Kier molecular flexibility index (Phi) is 16.3. The summed E-state index contributed by atoms with van der Waals surface area (Å²) in [6, 6.07) is 14.4. The fraction of sp³-hybridized carbons (Fsp3) is 0.436. The second-order valence-corrected chi connectivity index (χ2v) is 31.8. The van der Waals surface area contributed by atoms with E-state index in [0.717, 1.165) is 39.9 Å². The number of fused-ring (bicyclic) bond motifs is 2. The van der Waals surface area contributed by atoms with Gasteiger partial charge >= 0.3 is 6.09 Å². The van der Waals surface area contributed by atoms with E-state index in [1.807, 2.05) is 71.0 Å². The highest BCUT2D eigenvalue weighted by atomic mass is 28.4. The van der Waals surface area contributed by atoms with Crippen molar-refractivity contribution in [3.8, 4) is 34.1 Å². The van der Waals surface area contributed by atoms with Gasteiger partial charge in [-0.05, 0) is 109 Å². The number of aliphatic hydroxyl groups excluding tert-OH is 1. The Morgan fingerprint density at radius 3 is 1.86 bits per heavy atom. The molecule has 4 aromatic heterocycles. The zero-order valence-electron chi connectivity index (χ0n) is 43.9. The molecule has 0 unspecified atom stereocenters. The van der Waals surface area contributed by atoms with Crippen LogP contribution in [0, 0.1) is 0 Å². The molecule has 0 aliphatic heterocycles. The summed E-state index contributed by atoms with van der Waals surface area (Å²) in [5.74, 6) is 0.604. The lowest BCUT2D eigenvalue weighted by atomic mass is 10.0. The van der Waals surface area contributed by atoms with E-state index in [1.165, 1.54) is 17.2 Å². The van der Waals surface area contributed by atoms with E-state index in [-0.39, 0.29) is 39.4 Å². The molecular weight excluding hydrogens is 905 g/mol. The van der Waals surface area contributed by atoms with Gasteiger partial charge in [-0.15, -0.1) is 0 Å². The Morgan fingerprint density at radius 2 is 1.29 bits per heavy atom. The monoisotopic (exact) mass is 978 g/mol. The van der Waals surface area contributed by atoms with Gasteiger partial charge in [0.05, 0.1) is 12.1 Å². The third-order valence-corrected chi connectivity index (χ3v) is 21.7. The third-order valence-electron chi connectivity index (χ3n) is 12.9. The van der Waals surface area contributed by atoms with E-state index < -0.39 is 46.1 Å². The maximum absolute atomic E-state index is 14.0. The first-order valence-electron chi connectivity index (χ1n) is 23.6. The first-order valence-corrected chi connectivity index (χ1v) is 29.4. The number of ether oxygens (including phenoxy) is 1. The smallest absolute Gasteiger partial charge is 0.419 e. The minimum atomic E-state index is -2.47. The molecule has 0 spiro atoms. The molecule has 69 heavy (non-hydrogen) atoms. The van der Waals surface area contributed by atoms with Gasteiger partial charge in [-0.3, -0.25) is 14.2 Å². The number of benzene rings is 2. The zero-order valence-corrected chi connectivity index (χ0v) is 45.9. The average Bonchev–Trinajstić information content (AvgIpc) is 3.85. The van der Waals surface area contributed by atoms with Crippen molar-refractivity contribution < 1.29 is 37.4 Å². The van der Waals surface area contributed by atoms with Gasteiger partial charge in [-0.1, -0.05) is 101 Å². The number of nitrogens with zero attached hydrogens (tertiary/aromatic N) is 1. The Morgan fingerprint density at radius 1 is 0.739 bits per heavy atom. The van der Waals surface area contributed by atoms with E-state index >= 15 is 0 Å². The van der Waals surface area contributed by atoms with E-state index in [1.54, 1.807) is 17.0 Å². The zero-order chi connectivity index (χ0) is 51.6. The second kappa shape index (κ2) is 20.7. The van der Waals surface area contributed by atoms with E-state index in [2.05, 4.69) is 98.7 Å². The van der Waals surface area contributed by atoms with Crippen LogP contribution in [0.15, 0.2) is 103 Å². The normalized spacial score (nSPS) is 12.4. The number of carbonyl (C=O) groups is 1. The molecule has 0 amide bonds. The number of nitrogens with one attached hydrogen (secondary N) is 1. The first kappa shape index (κ1) is 54.3. The van der Waals surface area contributed by atoms with Crippen molar-refractivity contribution >= 4 is 44.5 Å². The Labute approximate surface area is 409 Å². The largest absolute Gasteiger partial charge is 0.538 e. The molecule has 14 heteroatoms. The van der Waals surface area contributed by atoms with Gasteiger partial charge < -0.3 is 37.6 Å². The van der Waals surface area contributed by atoms with E-state index in [9.17, 15) is 24.6 Å². The summed E-state index contributed by atoms with van der Waals surface area (Å²) in [6.07, 6.45) is 8.60. The lowest BCUT2D eigenvalue weighted by Crippen LogP contribution is -2.45. The molecule has 0 saturated carbocycles. The van der Waals surface area contributed by atoms with Gasteiger partial charge in [0.1, 0.15) is 23.7 Å². The summed E-state index contributed by atoms with van der Waals surface area (Å²) < 4.78 is 32.7. The lowest BCUT2D eigenvalue weighted by molar-refractivity contribution is 0.0544. The van der Waals surface area contributed by atoms with Crippen molar-refractivity contribution in [2.45, 2.75) is 158 Å². The summed E-state index contributed by atoms with van der Waals surface area (Å²) in [7, 11) is -4.61. The fourth-order valence-corrected chi connectivity index (χ4v) is 8.85. The quantitative estimate of drug-likeness (QED) is 0.0793. The van der Waals surface area contributed by atoms with Crippen LogP contribution in [0.2, 0.25) is 36.3 Å². The number of para-hydroxylation sites is 2. The summed E-state index contributed by atoms with van der Waals surface area (Å²) >= 11 is 0. The molecule has 4 heterocycles. The molecule has 12 nitrogen and oxygen atoms in total. The number of aromatic hydroxyl groups is 1. The Balaban J connectivity index is 0.000000309. The lowest BCUT2D eigenvalue weighted by Gasteiger charge is -2.36. The average molecular weight is 979 g/mol. The van der Waals surface area contributed by atoms with Crippen molar-refractivity contribution in [1.82, 2.24) is 9.55 Å². The predicted octanol–water partition coefficient (Wildman–Crippen LogP) is 14.0. The van der Waals surface area contributed by atoms with Crippen LogP contribution in [0.1, 0.15) is 113 Å². The number of rotatable bonds is 12. The van der Waals surface area contributed by atoms with Crippen molar-refractivity contribution in [2.24, 2.45) is 0 Å². The number of aromatic nitrogens is 2. The topological polar surface area (TPSA) is 166 Å². The van der Waals surface area contributed by atoms with Crippen LogP contribution < -0.4 is 15.3 Å². The fourth-order valence-electron chi connectivity index (χ4n) is 6.91. The second-order valence-electron chi connectivity index (χ2n) is 22.3. The maximum atomic E-state index is 14.0. The molecule has 0 aliphatic rings. The number of hydrogen-bond donors (Lipinski definition) is 3. The number of carbonyl (C=O) groups excluding carboxylic acids is 1. The molecular formula is C55H74N2O10Si2. The molecule has 6 aromatic rings. The molecule has 0 bridgehead atoms. The summed E-state index contributed by atoms with van der Waals surface area (Å²) in [5.41, 5.74) is 5.76. The van der Waals surface area contributed by atoms with Crippen LogP contribution in [0.3, 0.4) is 0 Å². The van der Waals surface area contributed by atoms with Crippen LogP contribution >= 0.6 is 0 Å². The molecule has 0 saturated heterocycles. The molecule has 0 atom stereocenters. The van der Waals surface area contributed by atoms with Gasteiger partial charge in [-0.25, -0.2) is 4.79 Å². The Hall–Kier alpha value is -5.68. The van der Waals surface area contributed by atoms with E-state index in [0.29, 0.717) is 34.6 Å². The highest BCUT2D eigenvalue weighted by molar-refractivity contribution is 6.75. The third kappa shape index (κ3) is 12.8.